The lowest BCUT2D eigenvalue weighted by molar-refractivity contribution is -0.128. The van der Waals surface area contributed by atoms with Crippen LogP contribution in [0.5, 0.6) is 0 Å². The molecule has 102 valence electrons. The molecule has 2 heterocycles. The monoisotopic (exact) mass is 280 g/mol. The minimum Gasteiger partial charge on any atom is -0.375 e. The first-order valence-electron chi connectivity index (χ1n) is 6.42. The maximum absolute atomic E-state index is 11.8. The summed E-state index contributed by atoms with van der Waals surface area (Å²) in [6.45, 7) is 1.29. The lowest BCUT2D eigenvalue weighted by Crippen LogP contribution is -2.32. The second-order valence-electron chi connectivity index (χ2n) is 5.13. The number of nitrogens with one attached hydrogen (secondary N) is 1. The van der Waals surface area contributed by atoms with Gasteiger partial charge in [0.2, 0.25) is 5.91 Å². The molecule has 3 N–H and O–H groups in total. The number of aromatic nitrogens is 1. The van der Waals surface area contributed by atoms with Crippen LogP contribution in [0.15, 0.2) is 5.38 Å². The molecule has 0 radical (unpaired) electrons. The number of nitrogens with two attached hydrogens (primary N) is 1. The number of carbonyl (C=O) groups is 2. The van der Waals surface area contributed by atoms with E-state index in [0.717, 1.165) is 19.4 Å². The molecule has 0 spiro atoms. The largest absolute Gasteiger partial charge is 0.375 e. The van der Waals surface area contributed by atoms with Crippen molar-refractivity contribution in [3.8, 4) is 0 Å². The minimum atomic E-state index is -0.217. The van der Waals surface area contributed by atoms with Gasteiger partial charge in [-0.2, -0.15) is 0 Å². The van der Waals surface area contributed by atoms with Crippen molar-refractivity contribution in [1.82, 2.24) is 15.2 Å². The molecule has 1 aliphatic heterocycles. The summed E-state index contributed by atoms with van der Waals surface area (Å²) in [7, 11) is 0. The van der Waals surface area contributed by atoms with Gasteiger partial charge in [-0.15, -0.1) is 11.3 Å². The zero-order valence-electron chi connectivity index (χ0n) is 10.5. The van der Waals surface area contributed by atoms with Crippen molar-refractivity contribution in [3.05, 3.63) is 11.1 Å². The van der Waals surface area contributed by atoms with Gasteiger partial charge in [0.1, 0.15) is 5.69 Å². The maximum atomic E-state index is 11.8. The fourth-order valence-electron chi connectivity index (χ4n) is 2.40. The predicted molar refractivity (Wildman–Crippen MR) is 71.7 cm³/mol. The summed E-state index contributed by atoms with van der Waals surface area (Å²) in [6, 6.07) is 0.464. The van der Waals surface area contributed by atoms with Gasteiger partial charge in [-0.25, -0.2) is 4.98 Å². The van der Waals surface area contributed by atoms with Gasteiger partial charge in [-0.3, -0.25) is 9.59 Å². The third-order valence-electron chi connectivity index (χ3n) is 3.53. The summed E-state index contributed by atoms with van der Waals surface area (Å²) < 4.78 is 0. The van der Waals surface area contributed by atoms with E-state index in [1.165, 1.54) is 11.3 Å². The smallest absolute Gasteiger partial charge is 0.270 e. The summed E-state index contributed by atoms with van der Waals surface area (Å²) >= 11 is 1.25. The van der Waals surface area contributed by atoms with Crippen LogP contribution in [0, 0.1) is 5.92 Å². The second-order valence-corrected chi connectivity index (χ2v) is 6.02. The lowest BCUT2D eigenvalue weighted by Gasteiger charge is -2.15. The van der Waals surface area contributed by atoms with Gasteiger partial charge >= 0.3 is 0 Å². The normalized spacial score (nSPS) is 22.8. The Bertz CT molecular complexity index is 512. The number of nitrogens with zero attached hydrogens (tertiary/aromatic N) is 2. The molecule has 0 bridgehead atoms. The zero-order chi connectivity index (χ0) is 13.4. The average Bonchev–Trinajstić information content (AvgIpc) is 3.03. The standard InChI is InChI=1S/C12H16N4O2S/c13-12-15-9(6-19-12)11(18)14-4-7-3-10(17)16(5-7)8-1-2-8/h6-8H,1-5H2,(H2,13,15)(H,14,18). The van der Waals surface area contributed by atoms with Gasteiger partial charge in [0.25, 0.3) is 5.91 Å². The number of thiazole rings is 1. The fraction of sp³-hybridized carbons (Fsp3) is 0.583. The van der Waals surface area contributed by atoms with Crippen LogP contribution < -0.4 is 11.1 Å². The Balaban J connectivity index is 1.50. The highest BCUT2D eigenvalue weighted by atomic mass is 32.1. The van der Waals surface area contributed by atoms with E-state index in [2.05, 4.69) is 10.3 Å². The van der Waals surface area contributed by atoms with Crippen LogP contribution in [0.4, 0.5) is 5.13 Å². The van der Waals surface area contributed by atoms with Crippen molar-refractivity contribution in [3.63, 3.8) is 0 Å². The molecule has 1 atom stereocenters. The highest BCUT2D eigenvalue weighted by molar-refractivity contribution is 7.13. The molecule has 1 aromatic rings. The minimum absolute atomic E-state index is 0.216. The van der Waals surface area contributed by atoms with Crippen LogP contribution in [0.2, 0.25) is 0 Å². The van der Waals surface area contributed by atoms with Gasteiger partial charge in [0.05, 0.1) is 0 Å². The molecule has 2 amide bonds. The molecule has 1 saturated heterocycles. The van der Waals surface area contributed by atoms with E-state index in [9.17, 15) is 9.59 Å². The van der Waals surface area contributed by atoms with Gasteiger partial charge in [0.15, 0.2) is 5.13 Å². The molecular weight excluding hydrogens is 264 g/mol. The fourth-order valence-corrected chi connectivity index (χ4v) is 2.95. The third-order valence-corrected chi connectivity index (χ3v) is 4.21. The van der Waals surface area contributed by atoms with Crippen LogP contribution in [-0.4, -0.2) is 40.8 Å². The van der Waals surface area contributed by atoms with Crippen molar-refractivity contribution >= 4 is 28.3 Å². The number of carbonyl (C=O) groups excluding carboxylic acids is 2. The number of hydrogen-bond donors (Lipinski definition) is 2. The van der Waals surface area contributed by atoms with E-state index in [1.807, 2.05) is 4.90 Å². The van der Waals surface area contributed by atoms with Crippen molar-refractivity contribution in [2.45, 2.75) is 25.3 Å². The molecular formula is C12H16N4O2S. The number of likely N-dealkylation sites (tertiary alicyclic amines) is 1. The van der Waals surface area contributed by atoms with Gasteiger partial charge in [-0.1, -0.05) is 0 Å². The highest BCUT2D eigenvalue weighted by Crippen LogP contribution is 2.32. The van der Waals surface area contributed by atoms with Crippen molar-refractivity contribution < 1.29 is 9.59 Å². The Morgan fingerprint density at radius 2 is 2.37 bits per heavy atom. The van der Waals surface area contributed by atoms with Crippen LogP contribution in [-0.2, 0) is 4.79 Å². The molecule has 3 rings (SSSR count). The zero-order valence-corrected chi connectivity index (χ0v) is 11.3. The number of nitrogen functional groups attached to an aromatic ring is 1. The van der Waals surface area contributed by atoms with Gasteiger partial charge in [-0.05, 0) is 12.8 Å². The Hall–Kier alpha value is -1.63. The van der Waals surface area contributed by atoms with E-state index < -0.39 is 0 Å². The van der Waals surface area contributed by atoms with Gasteiger partial charge < -0.3 is 16.0 Å². The summed E-state index contributed by atoms with van der Waals surface area (Å²) in [6.07, 6.45) is 2.79. The molecule has 1 aromatic heterocycles. The maximum Gasteiger partial charge on any atom is 0.270 e. The van der Waals surface area contributed by atoms with Crippen LogP contribution in [0.25, 0.3) is 0 Å². The van der Waals surface area contributed by atoms with E-state index >= 15 is 0 Å². The van der Waals surface area contributed by atoms with Gasteiger partial charge in [0, 0.05) is 36.9 Å². The Kier molecular flexibility index (Phi) is 3.14. The quantitative estimate of drug-likeness (QED) is 0.839. The van der Waals surface area contributed by atoms with E-state index in [0.29, 0.717) is 29.8 Å². The van der Waals surface area contributed by atoms with Crippen LogP contribution in [0.1, 0.15) is 29.8 Å². The Morgan fingerprint density at radius 3 is 3.00 bits per heavy atom. The lowest BCUT2D eigenvalue weighted by atomic mass is 10.1. The van der Waals surface area contributed by atoms with Crippen molar-refractivity contribution in [2.75, 3.05) is 18.8 Å². The number of rotatable bonds is 4. The predicted octanol–water partition coefficient (Wildman–Crippen LogP) is 0.466. The van der Waals surface area contributed by atoms with Crippen molar-refractivity contribution in [1.29, 1.82) is 0 Å². The topological polar surface area (TPSA) is 88.3 Å². The Morgan fingerprint density at radius 1 is 1.58 bits per heavy atom. The van der Waals surface area contributed by atoms with Crippen molar-refractivity contribution in [2.24, 2.45) is 5.92 Å². The molecule has 19 heavy (non-hydrogen) atoms. The first-order valence-corrected chi connectivity index (χ1v) is 7.30. The second kappa shape index (κ2) is 4.80. The molecule has 2 fully saturated rings. The average molecular weight is 280 g/mol. The molecule has 1 unspecified atom stereocenters. The Labute approximate surface area is 115 Å². The molecule has 7 heteroatoms. The number of amides is 2. The number of hydrogen-bond acceptors (Lipinski definition) is 5. The third kappa shape index (κ3) is 2.70. The SMILES string of the molecule is Nc1nc(C(=O)NCC2CC(=O)N(C3CC3)C2)cs1. The molecule has 6 nitrogen and oxygen atoms in total. The highest BCUT2D eigenvalue weighted by Gasteiger charge is 2.39. The molecule has 1 saturated carbocycles. The van der Waals surface area contributed by atoms with E-state index in [4.69, 9.17) is 5.73 Å². The van der Waals surface area contributed by atoms with E-state index in [1.54, 1.807) is 5.38 Å². The first-order chi connectivity index (χ1) is 9.13. The first kappa shape index (κ1) is 12.4. The number of anilines is 1. The summed E-state index contributed by atoms with van der Waals surface area (Å²) in [5, 5.41) is 4.86. The van der Waals surface area contributed by atoms with Crippen LogP contribution >= 0.6 is 11.3 Å². The summed E-state index contributed by atoms with van der Waals surface area (Å²) in [5.74, 6) is 0.220. The summed E-state index contributed by atoms with van der Waals surface area (Å²) in [4.78, 5) is 29.5. The molecule has 1 aliphatic carbocycles. The van der Waals surface area contributed by atoms with Crippen LogP contribution in [0.3, 0.4) is 0 Å². The summed E-state index contributed by atoms with van der Waals surface area (Å²) in [5.41, 5.74) is 5.84. The molecule has 0 aromatic carbocycles. The molecule has 2 aliphatic rings. The van der Waals surface area contributed by atoms with E-state index in [-0.39, 0.29) is 17.7 Å².